The van der Waals surface area contributed by atoms with Crippen molar-refractivity contribution in [1.82, 2.24) is 9.29 Å². The number of benzene rings is 3. The van der Waals surface area contributed by atoms with Crippen LogP contribution in [0.25, 0.3) is 10.2 Å². The van der Waals surface area contributed by atoms with Crippen LogP contribution in [0, 0.1) is 11.6 Å². The molecule has 0 aliphatic heterocycles. The van der Waals surface area contributed by atoms with Gasteiger partial charge in [-0.15, -0.1) is 0 Å². The number of hydrogen-bond donors (Lipinski definition) is 0. The van der Waals surface area contributed by atoms with E-state index in [0.717, 1.165) is 29.0 Å². The molecule has 0 radical (unpaired) electrons. The van der Waals surface area contributed by atoms with E-state index in [9.17, 15) is 22.0 Å². The van der Waals surface area contributed by atoms with Gasteiger partial charge in [-0.25, -0.2) is 22.2 Å². The third-order valence-electron chi connectivity index (χ3n) is 6.07. The number of sulfonamides is 1. The molecule has 3 aromatic carbocycles. The maximum absolute atomic E-state index is 14.3. The highest BCUT2D eigenvalue weighted by atomic mass is 32.2. The Morgan fingerprint density at radius 3 is 2.38 bits per heavy atom. The number of anilines is 1. The molecule has 7 nitrogen and oxygen atoms in total. The highest BCUT2D eigenvalue weighted by Gasteiger charge is 2.26. The Balaban J connectivity index is 1.45. The molecule has 0 N–H and O–H groups in total. The van der Waals surface area contributed by atoms with Crippen molar-refractivity contribution < 1.29 is 26.4 Å². The lowest BCUT2D eigenvalue weighted by atomic mass is 10.2. The quantitative estimate of drug-likeness (QED) is 0.211. The zero-order chi connectivity index (χ0) is 27.6. The largest absolute Gasteiger partial charge is 0.467 e. The van der Waals surface area contributed by atoms with Gasteiger partial charge in [0.25, 0.3) is 5.91 Å². The molecule has 0 fully saturated rings. The first-order valence-electron chi connectivity index (χ1n) is 12.0. The van der Waals surface area contributed by atoms with E-state index >= 15 is 0 Å². The predicted molar refractivity (Wildman–Crippen MR) is 145 cm³/mol. The minimum Gasteiger partial charge on any atom is -0.467 e. The average Bonchev–Trinajstić information content (AvgIpc) is 3.60. The van der Waals surface area contributed by atoms with Crippen molar-refractivity contribution in [3.63, 3.8) is 0 Å². The van der Waals surface area contributed by atoms with E-state index in [-0.39, 0.29) is 45.4 Å². The van der Waals surface area contributed by atoms with Gasteiger partial charge in [0.2, 0.25) is 10.0 Å². The van der Waals surface area contributed by atoms with E-state index in [2.05, 4.69) is 4.98 Å². The normalized spacial score (nSPS) is 11.8. The predicted octanol–water partition coefficient (Wildman–Crippen LogP) is 6.23. The number of amides is 1. The fourth-order valence-electron chi connectivity index (χ4n) is 4.07. The Bertz CT molecular complexity index is 1710. The van der Waals surface area contributed by atoms with Gasteiger partial charge in [0, 0.05) is 24.7 Å². The van der Waals surface area contributed by atoms with E-state index in [1.54, 1.807) is 19.1 Å². The molecule has 0 unspecified atom stereocenters. The minimum atomic E-state index is -3.83. The molecule has 2 heterocycles. The van der Waals surface area contributed by atoms with Gasteiger partial charge in [0.05, 0.1) is 22.4 Å². The van der Waals surface area contributed by atoms with Crippen LogP contribution in [0.3, 0.4) is 0 Å². The second-order valence-electron chi connectivity index (χ2n) is 8.64. The molecule has 0 aliphatic carbocycles. The first-order valence-corrected chi connectivity index (χ1v) is 14.3. The summed E-state index contributed by atoms with van der Waals surface area (Å²) >= 11 is 0.963. The highest BCUT2D eigenvalue weighted by Crippen LogP contribution is 2.33. The lowest BCUT2D eigenvalue weighted by Crippen LogP contribution is -2.31. The van der Waals surface area contributed by atoms with Crippen LogP contribution in [0.1, 0.15) is 28.6 Å². The summed E-state index contributed by atoms with van der Waals surface area (Å²) in [6.07, 6.45) is 1.46. The molecule has 5 rings (SSSR count). The molecule has 1 amide bonds. The molecule has 2 aromatic heterocycles. The Morgan fingerprint density at radius 2 is 1.72 bits per heavy atom. The second kappa shape index (κ2) is 11.0. The fraction of sp³-hybridized carbons (Fsp3) is 0.143. The molecular formula is C28H23F2N3O4S2. The molecule has 5 aromatic rings. The van der Waals surface area contributed by atoms with E-state index in [0.29, 0.717) is 5.76 Å². The van der Waals surface area contributed by atoms with Crippen LogP contribution in [0.15, 0.2) is 94.4 Å². The highest BCUT2D eigenvalue weighted by molar-refractivity contribution is 7.89. The molecular weight excluding hydrogens is 544 g/mol. The fourth-order valence-corrected chi connectivity index (χ4v) is 6.51. The van der Waals surface area contributed by atoms with Crippen LogP contribution in [-0.4, -0.2) is 30.2 Å². The van der Waals surface area contributed by atoms with E-state index < -0.39 is 27.6 Å². The summed E-state index contributed by atoms with van der Waals surface area (Å²) in [5.74, 6) is -1.63. The van der Waals surface area contributed by atoms with Crippen LogP contribution >= 0.6 is 11.3 Å². The van der Waals surface area contributed by atoms with Gasteiger partial charge in [0.15, 0.2) is 10.9 Å². The van der Waals surface area contributed by atoms with Gasteiger partial charge in [-0.3, -0.25) is 9.69 Å². The van der Waals surface area contributed by atoms with Gasteiger partial charge < -0.3 is 4.42 Å². The third-order valence-corrected chi connectivity index (χ3v) is 9.03. The number of thiazole rings is 1. The summed E-state index contributed by atoms with van der Waals surface area (Å²) in [5.41, 5.74) is 1.00. The summed E-state index contributed by atoms with van der Waals surface area (Å²) in [6.45, 7) is 2.23. The number of fused-ring (bicyclic) bond motifs is 1. The van der Waals surface area contributed by atoms with Crippen LogP contribution < -0.4 is 4.90 Å². The third kappa shape index (κ3) is 5.60. The van der Waals surface area contributed by atoms with Crippen molar-refractivity contribution in [1.29, 1.82) is 0 Å². The number of furan rings is 1. The first kappa shape index (κ1) is 26.7. The number of hydrogen-bond acceptors (Lipinski definition) is 6. The van der Waals surface area contributed by atoms with Crippen LogP contribution in [0.4, 0.5) is 13.9 Å². The van der Waals surface area contributed by atoms with Crippen LogP contribution in [-0.2, 0) is 23.1 Å². The standard InChI is InChI=1S/C28H23F2N3O4S2/c1-2-32(17-19-7-4-3-5-8-19)39(35,36)23-12-10-20(11-13-23)27(34)33(18-22-9-6-14-37-22)28-31-26-24(30)15-21(29)16-25(26)38-28/h3-16H,2,17-18H2,1H3. The van der Waals surface area contributed by atoms with Crippen molar-refractivity contribution in [2.24, 2.45) is 0 Å². The molecule has 200 valence electrons. The maximum atomic E-state index is 14.3. The van der Waals surface area contributed by atoms with Gasteiger partial charge in [-0.2, -0.15) is 4.31 Å². The summed E-state index contributed by atoms with van der Waals surface area (Å²) in [6, 6.07) is 20.1. The molecule has 0 atom stereocenters. The summed E-state index contributed by atoms with van der Waals surface area (Å²) in [5, 5.41) is 0.146. The molecule has 39 heavy (non-hydrogen) atoms. The Morgan fingerprint density at radius 1 is 0.974 bits per heavy atom. The summed E-state index contributed by atoms with van der Waals surface area (Å²) in [4.78, 5) is 19.2. The Hall–Kier alpha value is -3.93. The van der Waals surface area contributed by atoms with Crippen molar-refractivity contribution in [2.75, 3.05) is 11.4 Å². The van der Waals surface area contributed by atoms with Crippen molar-refractivity contribution >= 4 is 42.6 Å². The topological polar surface area (TPSA) is 83.7 Å². The molecule has 0 bridgehead atoms. The number of nitrogens with zero attached hydrogens (tertiary/aromatic N) is 3. The Kier molecular flexibility index (Phi) is 7.56. The van der Waals surface area contributed by atoms with Gasteiger partial charge in [-0.05, 0) is 48.0 Å². The first-order chi connectivity index (χ1) is 18.8. The lowest BCUT2D eigenvalue weighted by molar-refractivity contribution is 0.0983. The molecule has 0 aliphatic rings. The van der Waals surface area contributed by atoms with E-state index in [1.165, 1.54) is 39.7 Å². The van der Waals surface area contributed by atoms with Gasteiger partial charge >= 0.3 is 0 Å². The Labute approximate surface area is 228 Å². The molecule has 0 saturated heterocycles. The number of halogens is 2. The monoisotopic (exact) mass is 567 g/mol. The van der Waals surface area contributed by atoms with Crippen molar-refractivity contribution in [3.05, 3.63) is 114 Å². The van der Waals surface area contributed by atoms with E-state index in [4.69, 9.17) is 4.42 Å². The molecule has 11 heteroatoms. The molecule has 0 saturated carbocycles. The van der Waals surface area contributed by atoms with Crippen molar-refractivity contribution in [2.45, 2.75) is 24.9 Å². The second-order valence-corrected chi connectivity index (χ2v) is 11.6. The minimum absolute atomic E-state index is 0.0174. The van der Waals surface area contributed by atoms with Gasteiger partial charge in [0.1, 0.15) is 17.1 Å². The zero-order valence-corrected chi connectivity index (χ0v) is 22.4. The van der Waals surface area contributed by atoms with Crippen LogP contribution in [0.2, 0.25) is 0 Å². The SMILES string of the molecule is CCN(Cc1ccccc1)S(=O)(=O)c1ccc(C(=O)N(Cc2ccco2)c2nc3c(F)cc(F)cc3s2)cc1. The number of aromatic nitrogens is 1. The average molecular weight is 568 g/mol. The molecule has 0 spiro atoms. The lowest BCUT2D eigenvalue weighted by Gasteiger charge is -2.21. The van der Waals surface area contributed by atoms with Crippen LogP contribution in [0.5, 0.6) is 0 Å². The maximum Gasteiger partial charge on any atom is 0.260 e. The smallest absolute Gasteiger partial charge is 0.260 e. The van der Waals surface area contributed by atoms with E-state index in [1.807, 2.05) is 30.3 Å². The number of rotatable bonds is 9. The zero-order valence-electron chi connectivity index (χ0n) is 20.8. The number of carbonyl (C=O) groups excluding carboxylic acids is 1. The number of carbonyl (C=O) groups is 1. The van der Waals surface area contributed by atoms with Gasteiger partial charge in [-0.1, -0.05) is 48.6 Å². The van der Waals surface area contributed by atoms with Crippen molar-refractivity contribution in [3.8, 4) is 0 Å². The summed E-state index contributed by atoms with van der Waals surface area (Å²) < 4.78 is 61.7. The summed E-state index contributed by atoms with van der Waals surface area (Å²) in [7, 11) is -3.83.